The van der Waals surface area contributed by atoms with Crippen molar-refractivity contribution in [3.63, 3.8) is 0 Å². The van der Waals surface area contributed by atoms with Gasteiger partial charge in [0.05, 0.1) is 36.6 Å². The summed E-state index contributed by atoms with van der Waals surface area (Å²) >= 11 is 0. The second kappa shape index (κ2) is 8.46. The Labute approximate surface area is 177 Å². The van der Waals surface area contributed by atoms with Crippen molar-refractivity contribution in [3.8, 4) is 11.3 Å². The predicted octanol–water partition coefficient (Wildman–Crippen LogP) is 2.33. The maximum atomic E-state index is 13.7. The molecule has 4 heterocycles. The van der Waals surface area contributed by atoms with Crippen LogP contribution in [-0.2, 0) is 10.9 Å². The van der Waals surface area contributed by atoms with Gasteiger partial charge in [0.1, 0.15) is 11.6 Å². The van der Waals surface area contributed by atoms with Gasteiger partial charge < -0.3 is 25.4 Å². The summed E-state index contributed by atoms with van der Waals surface area (Å²) in [6.45, 7) is 4.58. The molecule has 168 valence electrons. The number of morpholine rings is 1. The Morgan fingerprint density at radius 1 is 1.16 bits per heavy atom. The van der Waals surface area contributed by atoms with Crippen LogP contribution in [0, 0.1) is 0 Å². The number of pyridine rings is 1. The number of aliphatic hydroxyl groups excluding tert-OH is 1. The van der Waals surface area contributed by atoms with Crippen LogP contribution in [-0.4, -0.2) is 65.1 Å². The second-order valence-corrected chi connectivity index (χ2v) is 7.90. The first-order valence-electron chi connectivity index (χ1n) is 10.2. The molecule has 0 unspecified atom stereocenters. The molecule has 2 fully saturated rings. The molecule has 2 aliphatic rings. The highest BCUT2D eigenvalue weighted by Crippen LogP contribution is 2.38. The van der Waals surface area contributed by atoms with E-state index in [4.69, 9.17) is 10.5 Å². The fourth-order valence-corrected chi connectivity index (χ4v) is 3.88. The van der Waals surface area contributed by atoms with Crippen molar-refractivity contribution in [3.05, 3.63) is 23.9 Å². The standard InChI is InChI=1S/C20H25F3N6O2/c1-12-11-31-7-6-29(12)19-26-16(9-18(27-19)28-4-2-13(30)3-5-28)14-10-25-17(24)8-15(14)20(21,22)23/h8-10,12-13,30H,2-7,11H2,1H3,(H2,24,25)/t12-/m0/s1. The Morgan fingerprint density at radius 3 is 2.58 bits per heavy atom. The number of nitrogens with zero attached hydrogens (tertiary/aromatic N) is 5. The number of halogens is 3. The minimum absolute atomic E-state index is 0.0216. The summed E-state index contributed by atoms with van der Waals surface area (Å²) < 4.78 is 46.7. The van der Waals surface area contributed by atoms with E-state index in [-0.39, 0.29) is 29.2 Å². The Morgan fingerprint density at radius 2 is 1.90 bits per heavy atom. The van der Waals surface area contributed by atoms with Crippen LogP contribution in [0.4, 0.5) is 30.8 Å². The van der Waals surface area contributed by atoms with Crippen molar-refractivity contribution in [1.82, 2.24) is 15.0 Å². The van der Waals surface area contributed by atoms with Gasteiger partial charge in [-0.05, 0) is 25.8 Å². The smallest absolute Gasteiger partial charge is 0.393 e. The molecule has 0 spiro atoms. The lowest BCUT2D eigenvalue weighted by atomic mass is 10.1. The van der Waals surface area contributed by atoms with E-state index in [1.54, 1.807) is 6.07 Å². The molecule has 2 aliphatic heterocycles. The Bertz CT molecular complexity index is 934. The average molecular weight is 438 g/mol. The van der Waals surface area contributed by atoms with Crippen LogP contribution in [0.25, 0.3) is 11.3 Å². The Balaban J connectivity index is 1.82. The molecule has 11 heteroatoms. The number of rotatable bonds is 3. The van der Waals surface area contributed by atoms with E-state index in [1.807, 2.05) is 16.7 Å². The Hall–Kier alpha value is -2.66. The van der Waals surface area contributed by atoms with Crippen molar-refractivity contribution < 1.29 is 23.0 Å². The van der Waals surface area contributed by atoms with E-state index in [0.29, 0.717) is 57.5 Å². The van der Waals surface area contributed by atoms with E-state index in [9.17, 15) is 18.3 Å². The zero-order valence-electron chi connectivity index (χ0n) is 17.1. The van der Waals surface area contributed by atoms with Crippen LogP contribution >= 0.6 is 0 Å². The number of alkyl halides is 3. The van der Waals surface area contributed by atoms with Crippen molar-refractivity contribution in [2.24, 2.45) is 0 Å². The minimum Gasteiger partial charge on any atom is -0.393 e. The number of aromatic nitrogens is 3. The van der Waals surface area contributed by atoms with Gasteiger partial charge in [0, 0.05) is 37.5 Å². The second-order valence-electron chi connectivity index (χ2n) is 7.90. The maximum Gasteiger partial charge on any atom is 0.417 e. The quantitative estimate of drug-likeness (QED) is 0.753. The molecule has 8 nitrogen and oxygen atoms in total. The van der Waals surface area contributed by atoms with Gasteiger partial charge >= 0.3 is 6.18 Å². The zero-order valence-corrected chi connectivity index (χ0v) is 17.1. The summed E-state index contributed by atoms with van der Waals surface area (Å²) in [6.07, 6.45) is -2.75. The lowest BCUT2D eigenvalue weighted by Crippen LogP contribution is -2.45. The van der Waals surface area contributed by atoms with Crippen LogP contribution in [0.5, 0.6) is 0 Å². The highest BCUT2D eigenvalue weighted by Gasteiger charge is 2.35. The molecule has 2 aromatic heterocycles. The zero-order chi connectivity index (χ0) is 22.2. The molecular formula is C20H25F3N6O2. The lowest BCUT2D eigenvalue weighted by molar-refractivity contribution is -0.137. The molecule has 2 saturated heterocycles. The van der Waals surface area contributed by atoms with E-state index in [2.05, 4.69) is 15.0 Å². The van der Waals surface area contributed by atoms with Gasteiger partial charge in [0.2, 0.25) is 5.95 Å². The molecule has 31 heavy (non-hydrogen) atoms. The van der Waals surface area contributed by atoms with Gasteiger partial charge in [-0.15, -0.1) is 0 Å². The van der Waals surface area contributed by atoms with Crippen LogP contribution in [0.1, 0.15) is 25.3 Å². The van der Waals surface area contributed by atoms with Gasteiger partial charge in [-0.25, -0.2) is 9.97 Å². The van der Waals surface area contributed by atoms with Crippen LogP contribution < -0.4 is 15.5 Å². The molecule has 0 aromatic carbocycles. The fourth-order valence-electron chi connectivity index (χ4n) is 3.88. The third-order valence-corrected chi connectivity index (χ3v) is 5.62. The molecular weight excluding hydrogens is 413 g/mol. The number of anilines is 3. The van der Waals surface area contributed by atoms with Gasteiger partial charge in [-0.3, -0.25) is 0 Å². The lowest BCUT2D eigenvalue weighted by Gasteiger charge is -2.35. The van der Waals surface area contributed by atoms with Crippen molar-refractivity contribution in [2.45, 2.75) is 38.1 Å². The summed E-state index contributed by atoms with van der Waals surface area (Å²) in [5.74, 6) is 0.660. The SMILES string of the molecule is C[C@H]1COCCN1c1nc(-c2cnc(N)cc2C(F)(F)F)cc(N2CCC(O)CC2)n1. The van der Waals surface area contributed by atoms with E-state index < -0.39 is 11.7 Å². The average Bonchev–Trinajstić information content (AvgIpc) is 2.73. The molecule has 2 aromatic rings. The van der Waals surface area contributed by atoms with E-state index >= 15 is 0 Å². The topological polar surface area (TPSA) is 101 Å². The van der Waals surface area contributed by atoms with Crippen molar-refractivity contribution in [2.75, 3.05) is 48.4 Å². The summed E-state index contributed by atoms with van der Waals surface area (Å²) in [5, 5.41) is 9.82. The molecule has 0 saturated carbocycles. The predicted molar refractivity (Wildman–Crippen MR) is 110 cm³/mol. The number of hydrogen-bond donors (Lipinski definition) is 2. The molecule has 1 atom stereocenters. The Kier molecular flexibility index (Phi) is 5.89. The van der Waals surface area contributed by atoms with Gasteiger partial charge in [-0.1, -0.05) is 0 Å². The molecule has 0 amide bonds. The van der Waals surface area contributed by atoms with Gasteiger partial charge in [-0.2, -0.15) is 18.2 Å². The summed E-state index contributed by atoms with van der Waals surface area (Å²) in [6, 6.07) is 2.35. The number of nitrogens with two attached hydrogens (primary N) is 1. The largest absolute Gasteiger partial charge is 0.417 e. The first kappa shape index (κ1) is 21.6. The van der Waals surface area contributed by atoms with E-state index in [1.165, 1.54) is 0 Å². The summed E-state index contributed by atoms with van der Waals surface area (Å²) in [5.41, 5.74) is 4.62. The third-order valence-electron chi connectivity index (χ3n) is 5.62. The third kappa shape index (κ3) is 4.67. The van der Waals surface area contributed by atoms with Crippen LogP contribution in [0.15, 0.2) is 18.3 Å². The minimum atomic E-state index is -4.61. The van der Waals surface area contributed by atoms with Crippen molar-refractivity contribution >= 4 is 17.6 Å². The first-order chi connectivity index (χ1) is 14.7. The molecule has 0 bridgehead atoms. The van der Waals surface area contributed by atoms with E-state index in [0.717, 1.165) is 12.3 Å². The normalized spacial score (nSPS) is 20.9. The molecule has 0 aliphatic carbocycles. The number of piperidine rings is 1. The van der Waals surface area contributed by atoms with Crippen LogP contribution in [0.3, 0.4) is 0 Å². The molecule has 3 N–H and O–H groups in total. The maximum absolute atomic E-state index is 13.7. The fraction of sp³-hybridized carbons (Fsp3) is 0.550. The number of ether oxygens (including phenoxy) is 1. The van der Waals surface area contributed by atoms with Gasteiger partial charge in [0.15, 0.2) is 0 Å². The summed E-state index contributed by atoms with van der Waals surface area (Å²) in [7, 11) is 0. The highest BCUT2D eigenvalue weighted by atomic mass is 19.4. The first-order valence-corrected chi connectivity index (χ1v) is 10.2. The number of hydrogen-bond acceptors (Lipinski definition) is 8. The summed E-state index contributed by atoms with van der Waals surface area (Å²) in [4.78, 5) is 16.9. The number of aliphatic hydroxyl groups is 1. The van der Waals surface area contributed by atoms with Gasteiger partial charge in [0.25, 0.3) is 0 Å². The highest BCUT2D eigenvalue weighted by molar-refractivity contribution is 5.69. The van der Waals surface area contributed by atoms with Crippen LogP contribution in [0.2, 0.25) is 0 Å². The number of nitrogen functional groups attached to an aromatic ring is 1. The monoisotopic (exact) mass is 438 g/mol. The molecule has 0 radical (unpaired) electrons. The molecule has 4 rings (SSSR count). The van der Waals surface area contributed by atoms with Crippen molar-refractivity contribution in [1.29, 1.82) is 0 Å².